The van der Waals surface area contributed by atoms with Crippen LogP contribution < -0.4 is 10.6 Å². The summed E-state index contributed by atoms with van der Waals surface area (Å²) in [7, 11) is 0. The molecule has 26 heavy (non-hydrogen) atoms. The Morgan fingerprint density at radius 1 is 1.23 bits per heavy atom. The lowest BCUT2D eigenvalue weighted by Gasteiger charge is -2.36. The van der Waals surface area contributed by atoms with Crippen molar-refractivity contribution in [2.45, 2.75) is 52.1 Å². The van der Waals surface area contributed by atoms with Gasteiger partial charge in [0.15, 0.2) is 0 Å². The van der Waals surface area contributed by atoms with E-state index >= 15 is 0 Å². The Hall–Kier alpha value is -2.63. The second kappa shape index (κ2) is 6.94. The molecular weight excluding hydrogens is 326 g/mol. The molecule has 1 unspecified atom stereocenters. The molecule has 3 heterocycles. The number of aromatic nitrogens is 4. The highest BCUT2D eigenvalue weighted by atomic mass is 16.2. The molecule has 0 bridgehead atoms. The van der Waals surface area contributed by atoms with E-state index in [0.29, 0.717) is 18.4 Å². The van der Waals surface area contributed by atoms with E-state index in [0.717, 1.165) is 24.3 Å². The maximum Gasteiger partial charge on any atom is 0.351 e. The third-order valence-electron chi connectivity index (χ3n) is 5.25. The summed E-state index contributed by atoms with van der Waals surface area (Å²) < 4.78 is 3.03. The molecule has 0 spiro atoms. The summed E-state index contributed by atoms with van der Waals surface area (Å²) in [4.78, 5) is 19.7. The van der Waals surface area contributed by atoms with Crippen molar-refractivity contribution in [3.05, 3.63) is 58.1 Å². The number of hydrogen-bond donors (Lipinski definition) is 0. The fraction of sp³-hybridized carbons (Fsp3) is 0.450. The van der Waals surface area contributed by atoms with Crippen molar-refractivity contribution in [3.63, 3.8) is 0 Å². The minimum Gasteiger partial charge on any atom is -0.353 e. The smallest absolute Gasteiger partial charge is 0.351 e. The van der Waals surface area contributed by atoms with Gasteiger partial charge in [-0.1, -0.05) is 36.8 Å². The van der Waals surface area contributed by atoms with Crippen LogP contribution in [0.5, 0.6) is 0 Å². The van der Waals surface area contributed by atoms with Crippen molar-refractivity contribution in [2.75, 3.05) is 11.4 Å². The Morgan fingerprint density at radius 3 is 2.92 bits per heavy atom. The van der Waals surface area contributed by atoms with Crippen LogP contribution in [-0.4, -0.2) is 31.8 Å². The lowest BCUT2D eigenvalue weighted by Crippen LogP contribution is -2.39. The molecule has 0 saturated carbocycles. The zero-order valence-corrected chi connectivity index (χ0v) is 15.4. The minimum absolute atomic E-state index is 0.147. The summed E-state index contributed by atoms with van der Waals surface area (Å²) in [5, 5.41) is 4.47. The first-order chi connectivity index (χ1) is 12.7. The molecule has 1 fully saturated rings. The topological polar surface area (TPSA) is 55.4 Å². The SMILES string of the molecule is CCC1CCCCN1c1ccn2c(=O)n(Cc3cccc(C)c3)nc2n1. The van der Waals surface area contributed by atoms with Crippen LogP contribution in [0.2, 0.25) is 0 Å². The summed E-state index contributed by atoms with van der Waals surface area (Å²) in [6.45, 7) is 5.76. The molecular formula is C20H25N5O. The van der Waals surface area contributed by atoms with Crippen LogP contribution in [0.3, 0.4) is 0 Å². The van der Waals surface area contributed by atoms with Gasteiger partial charge in [0.2, 0.25) is 0 Å². The monoisotopic (exact) mass is 351 g/mol. The first-order valence-electron chi connectivity index (χ1n) is 9.44. The molecule has 1 saturated heterocycles. The number of benzene rings is 1. The van der Waals surface area contributed by atoms with Crippen molar-refractivity contribution < 1.29 is 0 Å². The Balaban J connectivity index is 1.67. The van der Waals surface area contributed by atoms with Crippen molar-refractivity contribution in [1.82, 2.24) is 19.2 Å². The van der Waals surface area contributed by atoms with E-state index in [4.69, 9.17) is 4.98 Å². The van der Waals surface area contributed by atoms with Crippen LogP contribution in [0.1, 0.15) is 43.7 Å². The number of piperidine rings is 1. The van der Waals surface area contributed by atoms with E-state index in [1.54, 1.807) is 6.20 Å². The lowest BCUT2D eigenvalue weighted by atomic mass is 10.0. The molecule has 0 N–H and O–H groups in total. The van der Waals surface area contributed by atoms with Gasteiger partial charge in [-0.2, -0.15) is 4.98 Å². The number of anilines is 1. The minimum atomic E-state index is -0.147. The average Bonchev–Trinajstić information content (AvgIpc) is 2.96. The number of hydrogen-bond acceptors (Lipinski definition) is 4. The maximum absolute atomic E-state index is 12.6. The fourth-order valence-corrected chi connectivity index (χ4v) is 3.87. The Morgan fingerprint density at radius 2 is 2.12 bits per heavy atom. The van der Waals surface area contributed by atoms with Crippen molar-refractivity contribution >= 4 is 11.6 Å². The van der Waals surface area contributed by atoms with E-state index in [9.17, 15) is 4.79 Å². The molecule has 2 aromatic heterocycles. The molecule has 0 amide bonds. The normalized spacial score (nSPS) is 17.8. The molecule has 6 nitrogen and oxygen atoms in total. The molecule has 4 rings (SSSR count). The summed E-state index contributed by atoms with van der Waals surface area (Å²) in [5.74, 6) is 1.40. The molecule has 6 heteroatoms. The summed E-state index contributed by atoms with van der Waals surface area (Å²) in [5.41, 5.74) is 2.10. The zero-order chi connectivity index (χ0) is 18.1. The van der Waals surface area contributed by atoms with Crippen LogP contribution in [0.25, 0.3) is 5.78 Å². The van der Waals surface area contributed by atoms with Crippen LogP contribution in [0.4, 0.5) is 5.82 Å². The van der Waals surface area contributed by atoms with Crippen LogP contribution in [0, 0.1) is 6.92 Å². The summed E-state index contributed by atoms with van der Waals surface area (Å²) >= 11 is 0. The molecule has 1 aliphatic rings. The fourth-order valence-electron chi connectivity index (χ4n) is 3.87. The van der Waals surface area contributed by atoms with Gasteiger partial charge >= 0.3 is 5.69 Å². The first-order valence-corrected chi connectivity index (χ1v) is 9.44. The number of nitrogens with zero attached hydrogens (tertiary/aromatic N) is 5. The molecule has 136 valence electrons. The van der Waals surface area contributed by atoms with Gasteiger partial charge in [-0.15, -0.1) is 5.10 Å². The predicted octanol–water partition coefficient (Wildman–Crippen LogP) is 3.02. The molecule has 0 aliphatic carbocycles. The van der Waals surface area contributed by atoms with E-state index in [1.807, 2.05) is 31.2 Å². The van der Waals surface area contributed by atoms with Crippen molar-refractivity contribution in [1.29, 1.82) is 0 Å². The molecule has 3 aromatic rings. The Kier molecular flexibility index (Phi) is 4.49. The highest BCUT2D eigenvalue weighted by Crippen LogP contribution is 2.24. The van der Waals surface area contributed by atoms with E-state index in [-0.39, 0.29) is 5.69 Å². The highest BCUT2D eigenvalue weighted by molar-refractivity contribution is 5.45. The number of fused-ring (bicyclic) bond motifs is 1. The van der Waals surface area contributed by atoms with Crippen molar-refractivity contribution in [2.24, 2.45) is 0 Å². The standard InChI is InChI=1S/C20H25N5O/c1-3-17-9-4-5-11-23(17)18-10-12-24-19(21-18)22-25(20(24)26)14-16-8-6-7-15(2)13-16/h6-8,10,12-13,17H,3-5,9,11,14H2,1-2H3. The van der Waals surface area contributed by atoms with Crippen LogP contribution in [-0.2, 0) is 6.54 Å². The second-order valence-electron chi connectivity index (χ2n) is 7.14. The van der Waals surface area contributed by atoms with Crippen LogP contribution >= 0.6 is 0 Å². The first kappa shape index (κ1) is 16.8. The number of aryl methyl sites for hydroxylation is 1. The summed E-state index contributed by atoms with van der Waals surface area (Å²) in [6.07, 6.45) is 6.60. The molecule has 1 aromatic carbocycles. The second-order valence-corrected chi connectivity index (χ2v) is 7.14. The van der Waals surface area contributed by atoms with E-state index in [1.165, 1.54) is 33.9 Å². The van der Waals surface area contributed by atoms with Gasteiger partial charge in [0.25, 0.3) is 5.78 Å². The van der Waals surface area contributed by atoms with Crippen LogP contribution in [0.15, 0.2) is 41.3 Å². The summed E-state index contributed by atoms with van der Waals surface area (Å²) in [6, 6.07) is 10.6. The number of rotatable bonds is 4. The highest BCUT2D eigenvalue weighted by Gasteiger charge is 2.22. The third-order valence-corrected chi connectivity index (χ3v) is 5.25. The Labute approximate surface area is 153 Å². The predicted molar refractivity (Wildman–Crippen MR) is 103 cm³/mol. The van der Waals surface area contributed by atoms with Gasteiger partial charge in [-0.3, -0.25) is 0 Å². The zero-order valence-electron chi connectivity index (χ0n) is 15.4. The molecule has 1 aliphatic heterocycles. The van der Waals surface area contributed by atoms with Gasteiger partial charge in [-0.25, -0.2) is 13.9 Å². The maximum atomic E-state index is 12.6. The van der Waals surface area contributed by atoms with Gasteiger partial charge in [0.1, 0.15) is 5.82 Å². The van der Waals surface area contributed by atoms with E-state index in [2.05, 4.69) is 23.0 Å². The van der Waals surface area contributed by atoms with Gasteiger partial charge in [0.05, 0.1) is 6.54 Å². The lowest BCUT2D eigenvalue weighted by molar-refractivity contribution is 0.447. The largest absolute Gasteiger partial charge is 0.353 e. The van der Waals surface area contributed by atoms with Gasteiger partial charge < -0.3 is 4.90 Å². The van der Waals surface area contributed by atoms with E-state index < -0.39 is 0 Å². The van der Waals surface area contributed by atoms with Gasteiger partial charge in [-0.05, 0) is 44.2 Å². The van der Waals surface area contributed by atoms with Gasteiger partial charge in [0, 0.05) is 18.8 Å². The molecule has 0 radical (unpaired) electrons. The Bertz CT molecular complexity index is 974. The average molecular weight is 351 g/mol. The quantitative estimate of drug-likeness (QED) is 0.725. The third kappa shape index (κ3) is 3.11. The van der Waals surface area contributed by atoms with Crippen molar-refractivity contribution in [3.8, 4) is 0 Å². The molecule has 1 atom stereocenters.